The van der Waals surface area contributed by atoms with Gasteiger partial charge in [-0.25, -0.2) is 13.6 Å². The number of nitrogens with two attached hydrogens (primary N) is 1. The number of esters is 1. The molecule has 0 bridgehead atoms. The molecule has 0 amide bonds. The molecule has 2 aromatic rings. The topological polar surface area (TPSA) is 65.2 Å². The molecule has 0 unspecified atom stereocenters. The van der Waals surface area contributed by atoms with Crippen LogP contribution in [0.25, 0.3) is 11.3 Å². The number of benzene rings is 1. The summed E-state index contributed by atoms with van der Waals surface area (Å²) < 4.78 is 31.4. The number of aromatic nitrogens is 1. The zero-order chi connectivity index (χ0) is 14.0. The van der Waals surface area contributed by atoms with E-state index in [4.69, 9.17) is 5.73 Å². The number of halogens is 2. The van der Waals surface area contributed by atoms with Crippen molar-refractivity contribution >= 4 is 11.7 Å². The van der Waals surface area contributed by atoms with Gasteiger partial charge < -0.3 is 10.5 Å². The predicted molar refractivity (Wildman–Crippen MR) is 65.3 cm³/mol. The van der Waals surface area contributed by atoms with Gasteiger partial charge in [0.05, 0.1) is 24.1 Å². The van der Waals surface area contributed by atoms with Crippen molar-refractivity contribution in [1.29, 1.82) is 0 Å². The second kappa shape index (κ2) is 5.01. The number of hydrogen-bond acceptors (Lipinski definition) is 4. The molecule has 0 spiro atoms. The number of methoxy groups -OCH3 is 1. The van der Waals surface area contributed by atoms with Gasteiger partial charge in [0.25, 0.3) is 0 Å². The van der Waals surface area contributed by atoms with E-state index < -0.39 is 17.6 Å². The number of ether oxygens (including phenoxy) is 1. The van der Waals surface area contributed by atoms with E-state index in [1.54, 1.807) is 0 Å². The van der Waals surface area contributed by atoms with E-state index in [2.05, 4.69) is 9.72 Å². The van der Waals surface area contributed by atoms with Crippen molar-refractivity contribution in [2.24, 2.45) is 0 Å². The van der Waals surface area contributed by atoms with E-state index in [9.17, 15) is 13.6 Å². The molecule has 0 radical (unpaired) electrons. The van der Waals surface area contributed by atoms with Crippen LogP contribution >= 0.6 is 0 Å². The van der Waals surface area contributed by atoms with Crippen molar-refractivity contribution in [1.82, 2.24) is 4.98 Å². The Kier molecular flexibility index (Phi) is 3.41. The third-order valence-corrected chi connectivity index (χ3v) is 2.60. The van der Waals surface area contributed by atoms with E-state index >= 15 is 0 Å². The lowest BCUT2D eigenvalue weighted by Crippen LogP contribution is -2.08. The highest BCUT2D eigenvalue weighted by molar-refractivity contribution is 5.98. The standard InChI is InChI=1S/C13H10F2N2O2/c1-19-13(18)8-5-6-17-12(11(8)16)7-3-2-4-9(14)10(7)15/h2-6H,16H2,1H3. The van der Waals surface area contributed by atoms with Gasteiger partial charge >= 0.3 is 5.97 Å². The van der Waals surface area contributed by atoms with Gasteiger partial charge in [0.2, 0.25) is 0 Å². The predicted octanol–water partition coefficient (Wildman–Crippen LogP) is 2.40. The van der Waals surface area contributed by atoms with Crippen molar-refractivity contribution in [2.45, 2.75) is 0 Å². The van der Waals surface area contributed by atoms with E-state index in [-0.39, 0.29) is 22.5 Å². The maximum atomic E-state index is 13.7. The maximum absolute atomic E-state index is 13.7. The Bertz CT molecular complexity index is 645. The molecule has 4 nitrogen and oxygen atoms in total. The molecule has 0 atom stereocenters. The van der Waals surface area contributed by atoms with Crippen molar-refractivity contribution in [3.8, 4) is 11.3 Å². The number of hydrogen-bond donors (Lipinski definition) is 1. The Morgan fingerprint density at radius 1 is 1.32 bits per heavy atom. The van der Waals surface area contributed by atoms with Crippen LogP contribution in [0.5, 0.6) is 0 Å². The lowest BCUT2D eigenvalue weighted by molar-refractivity contribution is 0.0602. The van der Waals surface area contributed by atoms with Crippen LogP contribution in [0.3, 0.4) is 0 Å². The number of carbonyl (C=O) groups is 1. The lowest BCUT2D eigenvalue weighted by Gasteiger charge is -2.09. The molecule has 0 aliphatic heterocycles. The summed E-state index contributed by atoms with van der Waals surface area (Å²) in [7, 11) is 1.20. The Balaban J connectivity index is 2.64. The molecular weight excluding hydrogens is 254 g/mol. The fourth-order valence-corrected chi connectivity index (χ4v) is 1.66. The van der Waals surface area contributed by atoms with Crippen LogP contribution < -0.4 is 5.73 Å². The fraction of sp³-hybridized carbons (Fsp3) is 0.0769. The molecule has 98 valence electrons. The van der Waals surface area contributed by atoms with Crippen LogP contribution in [0.1, 0.15) is 10.4 Å². The number of carbonyl (C=O) groups excluding carboxylic acids is 1. The van der Waals surface area contributed by atoms with Gasteiger partial charge in [-0.05, 0) is 18.2 Å². The molecule has 1 aromatic heterocycles. The Hall–Kier alpha value is -2.50. The molecule has 1 heterocycles. The van der Waals surface area contributed by atoms with Crippen LogP contribution in [-0.2, 0) is 4.74 Å². The van der Waals surface area contributed by atoms with Gasteiger partial charge in [-0.15, -0.1) is 0 Å². The maximum Gasteiger partial charge on any atom is 0.340 e. The minimum absolute atomic E-state index is 0.0000926. The normalized spacial score (nSPS) is 10.3. The SMILES string of the molecule is COC(=O)c1ccnc(-c2cccc(F)c2F)c1N. The number of rotatable bonds is 2. The number of anilines is 1. The first-order valence-electron chi connectivity index (χ1n) is 5.33. The molecule has 0 fully saturated rings. The van der Waals surface area contributed by atoms with Gasteiger partial charge in [-0.2, -0.15) is 0 Å². The molecular formula is C13H10F2N2O2. The van der Waals surface area contributed by atoms with Crippen LogP contribution in [0.4, 0.5) is 14.5 Å². The van der Waals surface area contributed by atoms with Crippen LogP contribution in [0.15, 0.2) is 30.5 Å². The average molecular weight is 264 g/mol. The summed E-state index contributed by atoms with van der Waals surface area (Å²) >= 11 is 0. The first-order valence-corrected chi connectivity index (χ1v) is 5.33. The lowest BCUT2D eigenvalue weighted by atomic mass is 10.1. The van der Waals surface area contributed by atoms with E-state index in [0.29, 0.717) is 0 Å². The van der Waals surface area contributed by atoms with Gasteiger partial charge in [0, 0.05) is 11.8 Å². The van der Waals surface area contributed by atoms with Crippen molar-refractivity contribution in [2.75, 3.05) is 12.8 Å². The highest BCUT2D eigenvalue weighted by Crippen LogP contribution is 2.29. The quantitative estimate of drug-likeness (QED) is 0.846. The molecule has 19 heavy (non-hydrogen) atoms. The molecule has 6 heteroatoms. The molecule has 2 rings (SSSR count). The van der Waals surface area contributed by atoms with E-state index in [1.807, 2.05) is 0 Å². The minimum atomic E-state index is -1.07. The Morgan fingerprint density at radius 3 is 2.74 bits per heavy atom. The minimum Gasteiger partial charge on any atom is -0.465 e. The second-order valence-corrected chi connectivity index (χ2v) is 3.71. The van der Waals surface area contributed by atoms with E-state index in [0.717, 1.165) is 6.07 Å². The fourth-order valence-electron chi connectivity index (χ4n) is 1.66. The number of nitrogen functional groups attached to an aromatic ring is 1. The third-order valence-electron chi connectivity index (χ3n) is 2.60. The molecule has 0 saturated carbocycles. The summed E-state index contributed by atoms with van der Waals surface area (Å²) in [6, 6.07) is 5.00. The molecule has 1 aromatic carbocycles. The number of pyridine rings is 1. The number of nitrogens with zero attached hydrogens (tertiary/aromatic N) is 1. The van der Waals surface area contributed by atoms with Crippen molar-refractivity contribution in [3.63, 3.8) is 0 Å². The van der Waals surface area contributed by atoms with Gasteiger partial charge in [-0.3, -0.25) is 4.98 Å². The Morgan fingerprint density at radius 2 is 2.05 bits per heavy atom. The summed E-state index contributed by atoms with van der Waals surface area (Å²) in [5.41, 5.74) is 5.65. The van der Waals surface area contributed by atoms with Gasteiger partial charge in [-0.1, -0.05) is 6.07 Å². The summed E-state index contributed by atoms with van der Waals surface area (Å²) in [5, 5.41) is 0. The summed E-state index contributed by atoms with van der Waals surface area (Å²) in [6.45, 7) is 0. The zero-order valence-electron chi connectivity index (χ0n) is 9.98. The summed E-state index contributed by atoms with van der Waals surface area (Å²) in [5.74, 6) is -2.75. The summed E-state index contributed by atoms with van der Waals surface area (Å²) in [4.78, 5) is 15.4. The highest BCUT2D eigenvalue weighted by atomic mass is 19.2. The van der Waals surface area contributed by atoms with Crippen LogP contribution in [0, 0.1) is 11.6 Å². The monoisotopic (exact) mass is 264 g/mol. The second-order valence-electron chi connectivity index (χ2n) is 3.71. The molecule has 0 aliphatic carbocycles. The largest absolute Gasteiger partial charge is 0.465 e. The average Bonchev–Trinajstić information content (AvgIpc) is 2.42. The third kappa shape index (κ3) is 2.24. The highest BCUT2D eigenvalue weighted by Gasteiger charge is 2.18. The zero-order valence-corrected chi connectivity index (χ0v) is 9.98. The van der Waals surface area contributed by atoms with Gasteiger partial charge in [0.15, 0.2) is 11.6 Å². The van der Waals surface area contributed by atoms with Gasteiger partial charge in [0.1, 0.15) is 0 Å². The summed E-state index contributed by atoms with van der Waals surface area (Å²) in [6.07, 6.45) is 1.28. The molecule has 0 aliphatic rings. The van der Waals surface area contributed by atoms with Crippen molar-refractivity contribution < 1.29 is 18.3 Å². The van der Waals surface area contributed by atoms with Crippen LogP contribution in [-0.4, -0.2) is 18.1 Å². The first-order chi connectivity index (χ1) is 9.06. The first kappa shape index (κ1) is 12.9. The molecule has 0 saturated heterocycles. The van der Waals surface area contributed by atoms with Crippen LogP contribution in [0.2, 0.25) is 0 Å². The van der Waals surface area contributed by atoms with E-state index in [1.165, 1.54) is 31.5 Å². The Labute approximate surface area is 107 Å². The van der Waals surface area contributed by atoms with Crippen molar-refractivity contribution in [3.05, 3.63) is 47.7 Å². The molecule has 2 N–H and O–H groups in total. The smallest absolute Gasteiger partial charge is 0.340 e.